The first-order valence-corrected chi connectivity index (χ1v) is 4.62. The van der Waals surface area contributed by atoms with E-state index in [9.17, 15) is 0 Å². The molecule has 0 radical (unpaired) electrons. The van der Waals surface area contributed by atoms with Gasteiger partial charge in [-0.25, -0.2) is 0 Å². The van der Waals surface area contributed by atoms with Crippen molar-refractivity contribution in [1.82, 2.24) is 5.32 Å². The molecule has 0 unspecified atom stereocenters. The zero-order valence-electron chi connectivity index (χ0n) is 6.58. The molecule has 1 aromatic rings. The van der Waals surface area contributed by atoms with Gasteiger partial charge in [-0.3, -0.25) is 0 Å². The summed E-state index contributed by atoms with van der Waals surface area (Å²) in [6.07, 6.45) is 0. The molecule has 2 nitrogen and oxygen atoms in total. The summed E-state index contributed by atoms with van der Waals surface area (Å²) in [5.74, 6) is 0. The van der Waals surface area contributed by atoms with E-state index in [1.54, 1.807) is 11.3 Å². The van der Waals surface area contributed by atoms with Crippen LogP contribution in [0.3, 0.4) is 0 Å². The number of hydrogen-bond acceptors (Lipinski definition) is 3. The largest absolute Gasteiger partial charge is 0.395 e. The van der Waals surface area contributed by atoms with Crippen LogP contribution in [-0.4, -0.2) is 17.8 Å². The SMILES string of the molecule is C[C@H](CO)NCc1ccsc1. The van der Waals surface area contributed by atoms with Crippen LogP contribution in [0.2, 0.25) is 0 Å². The third-order valence-corrected chi connectivity index (χ3v) is 2.24. The van der Waals surface area contributed by atoms with E-state index >= 15 is 0 Å². The molecule has 62 valence electrons. The molecule has 0 aliphatic carbocycles. The van der Waals surface area contributed by atoms with E-state index in [1.165, 1.54) is 5.56 Å². The van der Waals surface area contributed by atoms with E-state index in [0.717, 1.165) is 6.54 Å². The lowest BCUT2D eigenvalue weighted by molar-refractivity contribution is 0.251. The standard InChI is InChI=1S/C8H13NOS/c1-7(5-10)9-4-8-2-3-11-6-8/h2-3,6-7,9-10H,4-5H2,1H3/t7-/m1/s1. The number of rotatable bonds is 4. The fourth-order valence-corrected chi connectivity index (χ4v) is 1.42. The van der Waals surface area contributed by atoms with Crippen LogP contribution in [0.4, 0.5) is 0 Å². The van der Waals surface area contributed by atoms with Crippen molar-refractivity contribution in [2.24, 2.45) is 0 Å². The van der Waals surface area contributed by atoms with Crippen LogP contribution in [0.5, 0.6) is 0 Å². The van der Waals surface area contributed by atoms with Crippen LogP contribution in [0.15, 0.2) is 16.8 Å². The van der Waals surface area contributed by atoms with Gasteiger partial charge in [-0.1, -0.05) is 0 Å². The van der Waals surface area contributed by atoms with Crippen molar-refractivity contribution in [3.63, 3.8) is 0 Å². The van der Waals surface area contributed by atoms with E-state index in [-0.39, 0.29) is 12.6 Å². The van der Waals surface area contributed by atoms with Gasteiger partial charge >= 0.3 is 0 Å². The van der Waals surface area contributed by atoms with Gasteiger partial charge in [-0.2, -0.15) is 11.3 Å². The summed E-state index contributed by atoms with van der Waals surface area (Å²) in [4.78, 5) is 0. The predicted octanol–water partition coefficient (Wildman–Crippen LogP) is 1.22. The van der Waals surface area contributed by atoms with Gasteiger partial charge in [0.15, 0.2) is 0 Å². The van der Waals surface area contributed by atoms with Gasteiger partial charge < -0.3 is 10.4 Å². The molecule has 1 aromatic heterocycles. The Kier molecular flexibility index (Phi) is 3.56. The van der Waals surface area contributed by atoms with Gasteiger partial charge in [0.2, 0.25) is 0 Å². The maximum atomic E-state index is 8.70. The highest BCUT2D eigenvalue weighted by Gasteiger charge is 1.98. The minimum Gasteiger partial charge on any atom is -0.395 e. The summed E-state index contributed by atoms with van der Waals surface area (Å²) >= 11 is 1.70. The molecule has 0 saturated heterocycles. The second kappa shape index (κ2) is 4.49. The molecule has 0 aromatic carbocycles. The fourth-order valence-electron chi connectivity index (χ4n) is 0.750. The molecule has 0 fully saturated rings. The molecular weight excluding hydrogens is 158 g/mol. The van der Waals surface area contributed by atoms with E-state index in [0.29, 0.717) is 0 Å². The Bertz CT molecular complexity index is 186. The number of thiophene rings is 1. The van der Waals surface area contributed by atoms with Crippen molar-refractivity contribution in [2.45, 2.75) is 19.5 Å². The first-order chi connectivity index (χ1) is 5.33. The van der Waals surface area contributed by atoms with Crippen molar-refractivity contribution >= 4 is 11.3 Å². The molecule has 1 rings (SSSR count). The van der Waals surface area contributed by atoms with Crippen molar-refractivity contribution in [1.29, 1.82) is 0 Å². The Hall–Kier alpha value is -0.380. The Morgan fingerprint density at radius 3 is 3.09 bits per heavy atom. The van der Waals surface area contributed by atoms with E-state index in [4.69, 9.17) is 5.11 Å². The summed E-state index contributed by atoms with van der Waals surface area (Å²) in [6.45, 7) is 3.02. The summed E-state index contributed by atoms with van der Waals surface area (Å²) in [5.41, 5.74) is 1.29. The maximum absolute atomic E-state index is 8.70. The Balaban J connectivity index is 2.23. The molecule has 0 saturated carbocycles. The van der Waals surface area contributed by atoms with Gasteiger partial charge in [0.05, 0.1) is 6.61 Å². The van der Waals surface area contributed by atoms with Crippen molar-refractivity contribution in [2.75, 3.05) is 6.61 Å². The van der Waals surface area contributed by atoms with E-state index in [2.05, 4.69) is 22.1 Å². The quantitative estimate of drug-likeness (QED) is 0.714. The highest BCUT2D eigenvalue weighted by atomic mass is 32.1. The predicted molar refractivity (Wildman–Crippen MR) is 47.7 cm³/mol. The lowest BCUT2D eigenvalue weighted by Gasteiger charge is -2.08. The van der Waals surface area contributed by atoms with Crippen LogP contribution < -0.4 is 5.32 Å². The normalized spacial score (nSPS) is 13.3. The van der Waals surface area contributed by atoms with Gasteiger partial charge in [-0.15, -0.1) is 0 Å². The van der Waals surface area contributed by atoms with Crippen LogP contribution in [0.25, 0.3) is 0 Å². The van der Waals surface area contributed by atoms with E-state index < -0.39 is 0 Å². The van der Waals surface area contributed by atoms with Crippen LogP contribution in [-0.2, 0) is 6.54 Å². The molecular formula is C8H13NOS. The summed E-state index contributed by atoms with van der Waals surface area (Å²) in [6, 6.07) is 2.27. The van der Waals surface area contributed by atoms with Gasteiger partial charge in [0.25, 0.3) is 0 Å². The first kappa shape index (κ1) is 8.71. The highest BCUT2D eigenvalue weighted by molar-refractivity contribution is 7.07. The molecule has 0 aliphatic heterocycles. The minimum atomic E-state index is 0.190. The lowest BCUT2D eigenvalue weighted by Crippen LogP contribution is -2.28. The van der Waals surface area contributed by atoms with Gasteiger partial charge in [0.1, 0.15) is 0 Å². The Morgan fingerprint density at radius 2 is 2.55 bits per heavy atom. The number of aliphatic hydroxyl groups is 1. The van der Waals surface area contributed by atoms with Crippen molar-refractivity contribution in [3.05, 3.63) is 22.4 Å². The highest BCUT2D eigenvalue weighted by Crippen LogP contribution is 2.04. The summed E-state index contributed by atoms with van der Waals surface area (Å²) < 4.78 is 0. The molecule has 2 N–H and O–H groups in total. The molecule has 3 heteroatoms. The number of aliphatic hydroxyl groups excluding tert-OH is 1. The van der Waals surface area contributed by atoms with E-state index in [1.807, 2.05) is 6.92 Å². The fraction of sp³-hybridized carbons (Fsp3) is 0.500. The average molecular weight is 171 g/mol. The number of hydrogen-bond donors (Lipinski definition) is 2. The third kappa shape index (κ3) is 3.01. The Labute approximate surface area is 70.9 Å². The molecule has 0 amide bonds. The topological polar surface area (TPSA) is 32.3 Å². The van der Waals surface area contributed by atoms with Crippen LogP contribution >= 0.6 is 11.3 Å². The average Bonchev–Trinajstić information content (AvgIpc) is 2.52. The molecule has 1 heterocycles. The van der Waals surface area contributed by atoms with Gasteiger partial charge in [0, 0.05) is 12.6 Å². The molecule has 1 atom stereocenters. The zero-order valence-corrected chi connectivity index (χ0v) is 7.40. The zero-order chi connectivity index (χ0) is 8.10. The van der Waals surface area contributed by atoms with Gasteiger partial charge in [-0.05, 0) is 29.3 Å². The van der Waals surface area contributed by atoms with Crippen molar-refractivity contribution in [3.8, 4) is 0 Å². The maximum Gasteiger partial charge on any atom is 0.0582 e. The Morgan fingerprint density at radius 1 is 1.73 bits per heavy atom. The summed E-state index contributed by atoms with van der Waals surface area (Å²) in [7, 11) is 0. The lowest BCUT2D eigenvalue weighted by atomic mass is 10.3. The molecule has 11 heavy (non-hydrogen) atoms. The molecule has 0 bridgehead atoms. The third-order valence-electron chi connectivity index (χ3n) is 1.51. The second-order valence-electron chi connectivity index (χ2n) is 2.60. The monoisotopic (exact) mass is 171 g/mol. The first-order valence-electron chi connectivity index (χ1n) is 3.68. The second-order valence-corrected chi connectivity index (χ2v) is 3.38. The molecule has 0 aliphatic rings. The number of nitrogens with one attached hydrogen (secondary N) is 1. The molecule has 0 spiro atoms. The van der Waals surface area contributed by atoms with Crippen LogP contribution in [0, 0.1) is 0 Å². The van der Waals surface area contributed by atoms with Crippen molar-refractivity contribution < 1.29 is 5.11 Å². The smallest absolute Gasteiger partial charge is 0.0582 e. The van der Waals surface area contributed by atoms with Crippen LogP contribution in [0.1, 0.15) is 12.5 Å². The minimum absolute atomic E-state index is 0.190. The summed E-state index contributed by atoms with van der Waals surface area (Å²) in [5, 5.41) is 16.1.